The highest BCUT2D eigenvalue weighted by molar-refractivity contribution is 5.00. The van der Waals surface area contributed by atoms with E-state index in [1.54, 1.807) is 0 Å². The minimum atomic E-state index is 0.580. The van der Waals surface area contributed by atoms with Crippen LogP contribution in [0.25, 0.3) is 0 Å². The first-order valence-corrected chi connectivity index (χ1v) is 7.19. The van der Waals surface area contributed by atoms with Gasteiger partial charge in [-0.1, -0.05) is 27.7 Å². The molecule has 0 saturated carbocycles. The highest BCUT2D eigenvalue weighted by atomic mass is 15.2. The second-order valence-corrected chi connectivity index (χ2v) is 6.04. The van der Waals surface area contributed by atoms with E-state index in [4.69, 9.17) is 0 Å². The Balaban J connectivity index is 2.42. The molecule has 0 spiro atoms. The van der Waals surface area contributed by atoms with Gasteiger partial charge in [-0.15, -0.1) is 0 Å². The lowest BCUT2D eigenvalue weighted by atomic mass is 9.92. The molecule has 1 aromatic heterocycles. The van der Waals surface area contributed by atoms with Crippen LogP contribution >= 0.6 is 0 Å². The first kappa shape index (κ1) is 15.2. The molecule has 18 heavy (non-hydrogen) atoms. The molecule has 0 aliphatic rings. The van der Waals surface area contributed by atoms with E-state index in [0.717, 1.165) is 24.8 Å². The summed E-state index contributed by atoms with van der Waals surface area (Å²) in [7, 11) is 2.03. The molecule has 3 nitrogen and oxygen atoms in total. The smallest absolute Gasteiger partial charge is 0.0492 e. The molecule has 104 valence electrons. The van der Waals surface area contributed by atoms with Crippen LogP contribution in [0.5, 0.6) is 0 Å². The second-order valence-electron chi connectivity index (χ2n) is 6.04. The van der Waals surface area contributed by atoms with Crippen molar-refractivity contribution in [3.63, 3.8) is 0 Å². The van der Waals surface area contributed by atoms with Crippen molar-refractivity contribution >= 4 is 0 Å². The molecule has 0 amide bonds. The van der Waals surface area contributed by atoms with Gasteiger partial charge in [-0.2, -0.15) is 5.10 Å². The number of rotatable bonds is 8. The minimum Gasteiger partial charge on any atom is -0.314 e. The Labute approximate surface area is 112 Å². The van der Waals surface area contributed by atoms with E-state index >= 15 is 0 Å². The van der Waals surface area contributed by atoms with Gasteiger partial charge in [0, 0.05) is 25.0 Å². The molecule has 1 unspecified atom stereocenters. The maximum atomic E-state index is 4.23. The van der Waals surface area contributed by atoms with Gasteiger partial charge in [0.25, 0.3) is 0 Å². The molecule has 1 aromatic rings. The van der Waals surface area contributed by atoms with Crippen LogP contribution in [-0.4, -0.2) is 22.4 Å². The third kappa shape index (κ3) is 5.67. The Bertz CT molecular complexity index is 328. The lowest BCUT2D eigenvalue weighted by Gasteiger charge is -2.21. The Morgan fingerprint density at radius 3 is 2.50 bits per heavy atom. The van der Waals surface area contributed by atoms with Gasteiger partial charge < -0.3 is 5.32 Å². The van der Waals surface area contributed by atoms with Crippen LogP contribution in [0, 0.1) is 11.8 Å². The van der Waals surface area contributed by atoms with Crippen molar-refractivity contribution in [3.8, 4) is 0 Å². The van der Waals surface area contributed by atoms with Crippen LogP contribution in [0.4, 0.5) is 0 Å². The Kier molecular flexibility index (Phi) is 6.41. The van der Waals surface area contributed by atoms with Crippen LogP contribution in [0.1, 0.15) is 46.2 Å². The second kappa shape index (κ2) is 7.57. The maximum Gasteiger partial charge on any atom is 0.0492 e. The Hall–Kier alpha value is -0.830. The number of aryl methyl sites for hydroxylation is 2. The molecular formula is C15H29N3. The Morgan fingerprint density at radius 2 is 2.00 bits per heavy atom. The van der Waals surface area contributed by atoms with Crippen LogP contribution in [-0.2, 0) is 13.5 Å². The summed E-state index contributed by atoms with van der Waals surface area (Å²) in [5.74, 6) is 1.54. The fourth-order valence-corrected chi connectivity index (χ4v) is 2.37. The summed E-state index contributed by atoms with van der Waals surface area (Å²) in [6.07, 6.45) is 5.57. The molecule has 0 saturated heterocycles. The summed E-state index contributed by atoms with van der Waals surface area (Å²) >= 11 is 0. The van der Waals surface area contributed by atoms with E-state index in [1.807, 2.05) is 17.9 Å². The third-order valence-corrected chi connectivity index (χ3v) is 3.35. The largest absolute Gasteiger partial charge is 0.314 e. The fourth-order valence-electron chi connectivity index (χ4n) is 2.37. The minimum absolute atomic E-state index is 0.580. The molecule has 0 aromatic carbocycles. The van der Waals surface area contributed by atoms with Crippen molar-refractivity contribution in [2.75, 3.05) is 6.54 Å². The normalized spacial score (nSPS) is 13.5. The summed E-state index contributed by atoms with van der Waals surface area (Å²) in [6, 6.07) is 2.71. The van der Waals surface area contributed by atoms with Crippen molar-refractivity contribution in [2.45, 2.75) is 53.0 Å². The third-order valence-electron chi connectivity index (χ3n) is 3.35. The molecule has 0 radical (unpaired) electrons. The molecule has 0 bridgehead atoms. The van der Waals surface area contributed by atoms with E-state index in [0.29, 0.717) is 6.04 Å². The van der Waals surface area contributed by atoms with Gasteiger partial charge >= 0.3 is 0 Å². The molecule has 1 rings (SSSR count). The van der Waals surface area contributed by atoms with Crippen molar-refractivity contribution in [3.05, 3.63) is 18.0 Å². The van der Waals surface area contributed by atoms with E-state index in [-0.39, 0.29) is 0 Å². The zero-order chi connectivity index (χ0) is 13.5. The highest BCUT2D eigenvalue weighted by Crippen LogP contribution is 2.17. The SMILES string of the molecule is CC(C)CC(CCc1ccnn1C)CNC(C)C. The Morgan fingerprint density at radius 1 is 1.28 bits per heavy atom. The fraction of sp³-hybridized carbons (Fsp3) is 0.800. The van der Waals surface area contributed by atoms with Crippen LogP contribution in [0.15, 0.2) is 12.3 Å². The molecule has 3 heteroatoms. The average Bonchev–Trinajstić information content (AvgIpc) is 2.67. The van der Waals surface area contributed by atoms with E-state index in [9.17, 15) is 0 Å². The van der Waals surface area contributed by atoms with E-state index in [2.05, 4.69) is 44.2 Å². The van der Waals surface area contributed by atoms with Gasteiger partial charge in [-0.25, -0.2) is 0 Å². The topological polar surface area (TPSA) is 29.9 Å². The van der Waals surface area contributed by atoms with Crippen molar-refractivity contribution in [1.29, 1.82) is 0 Å². The van der Waals surface area contributed by atoms with Gasteiger partial charge in [0.05, 0.1) is 0 Å². The van der Waals surface area contributed by atoms with Crippen molar-refractivity contribution < 1.29 is 0 Å². The number of nitrogens with one attached hydrogen (secondary N) is 1. The summed E-state index contributed by atoms with van der Waals surface area (Å²) in [5.41, 5.74) is 1.34. The van der Waals surface area contributed by atoms with Gasteiger partial charge in [-0.3, -0.25) is 4.68 Å². The van der Waals surface area contributed by atoms with E-state index < -0.39 is 0 Å². The molecule has 0 aliphatic carbocycles. The van der Waals surface area contributed by atoms with Crippen LogP contribution < -0.4 is 5.32 Å². The van der Waals surface area contributed by atoms with Gasteiger partial charge in [-0.05, 0) is 43.7 Å². The van der Waals surface area contributed by atoms with Crippen LogP contribution in [0.3, 0.4) is 0 Å². The quantitative estimate of drug-likeness (QED) is 0.769. The molecular weight excluding hydrogens is 222 g/mol. The van der Waals surface area contributed by atoms with E-state index in [1.165, 1.54) is 18.5 Å². The summed E-state index contributed by atoms with van der Waals surface area (Å²) in [4.78, 5) is 0. The number of aromatic nitrogens is 2. The predicted molar refractivity (Wildman–Crippen MR) is 77.6 cm³/mol. The van der Waals surface area contributed by atoms with Crippen molar-refractivity contribution in [2.24, 2.45) is 18.9 Å². The highest BCUT2D eigenvalue weighted by Gasteiger charge is 2.12. The number of hydrogen-bond acceptors (Lipinski definition) is 2. The summed E-state index contributed by atoms with van der Waals surface area (Å²) in [5, 5.41) is 7.80. The summed E-state index contributed by atoms with van der Waals surface area (Å²) < 4.78 is 1.99. The maximum absolute atomic E-state index is 4.23. The predicted octanol–water partition coefficient (Wildman–Crippen LogP) is 3.01. The van der Waals surface area contributed by atoms with Crippen LogP contribution in [0.2, 0.25) is 0 Å². The molecule has 0 aliphatic heterocycles. The van der Waals surface area contributed by atoms with Gasteiger partial charge in [0.2, 0.25) is 0 Å². The molecule has 0 fully saturated rings. The monoisotopic (exact) mass is 251 g/mol. The lowest BCUT2D eigenvalue weighted by Crippen LogP contribution is -2.30. The number of hydrogen-bond donors (Lipinski definition) is 1. The lowest BCUT2D eigenvalue weighted by molar-refractivity contribution is 0.353. The average molecular weight is 251 g/mol. The first-order valence-electron chi connectivity index (χ1n) is 7.19. The zero-order valence-electron chi connectivity index (χ0n) is 12.6. The molecule has 1 atom stereocenters. The summed E-state index contributed by atoms with van der Waals surface area (Å²) in [6.45, 7) is 10.2. The number of nitrogens with zero attached hydrogens (tertiary/aromatic N) is 2. The van der Waals surface area contributed by atoms with Gasteiger partial charge in [0.1, 0.15) is 0 Å². The van der Waals surface area contributed by atoms with Crippen molar-refractivity contribution in [1.82, 2.24) is 15.1 Å². The molecule has 1 N–H and O–H groups in total. The first-order chi connectivity index (χ1) is 8.49. The standard InChI is InChI=1S/C15H29N3/c1-12(2)10-14(11-16-13(3)4)6-7-15-8-9-17-18(15)5/h8-9,12-14,16H,6-7,10-11H2,1-5H3. The zero-order valence-corrected chi connectivity index (χ0v) is 12.6. The van der Waals surface area contributed by atoms with Gasteiger partial charge in [0.15, 0.2) is 0 Å². The molecule has 1 heterocycles.